The molecule has 7 nitrogen and oxygen atoms in total. The number of benzene rings is 3. The molecule has 0 aliphatic carbocycles. The van der Waals surface area contributed by atoms with Gasteiger partial charge in [0.05, 0.1) is 23.6 Å². The summed E-state index contributed by atoms with van der Waals surface area (Å²) in [7, 11) is -2.00. The highest BCUT2D eigenvalue weighted by atomic mass is 32.2. The Hall–Kier alpha value is -4.26. The van der Waals surface area contributed by atoms with Crippen molar-refractivity contribution in [1.29, 1.82) is 0 Å². The van der Waals surface area contributed by atoms with Gasteiger partial charge in [0.2, 0.25) is 10.0 Å². The van der Waals surface area contributed by atoms with Crippen LogP contribution in [-0.4, -0.2) is 45.4 Å². The first-order valence-electron chi connectivity index (χ1n) is 13.0. The van der Waals surface area contributed by atoms with E-state index in [9.17, 15) is 12.8 Å². The SMILES string of the molecule is Cc1cc2c(cnn2-c2ccc(F)cc2)cc1C1(CC#Cc2ccccc2)CCN(S(=O)(=O)c2cnn(C)c2)C1. The summed E-state index contributed by atoms with van der Waals surface area (Å²) < 4.78 is 45.4. The van der Waals surface area contributed by atoms with Crippen LogP contribution in [0.4, 0.5) is 4.39 Å². The van der Waals surface area contributed by atoms with E-state index in [1.54, 1.807) is 34.4 Å². The molecule has 202 valence electrons. The lowest BCUT2D eigenvalue weighted by atomic mass is 9.75. The third-order valence-corrected chi connectivity index (χ3v) is 9.43. The van der Waals surface area contributed by atoms with Crippen LogP contribution in [0.15, 0.2) is 90.2 Å². The number of fused-ring (bicyclic) bond motifs is 1. The molecule has 1 aliphatic heterocycles. The van der Waals surface area contributed by atoms with E-state index >= 15 is 0 Å². The summed E-state index contributed by atoms with van der Waals surface area (Å²) in [5.41, 5.74) is 4.16. The van der Waals surface area contributed by atoms with Gasteiger partial charge in [-0.2, -0.15) is 14.5 Å². The molecule has 1 fully saturated rings. The molecule has 9 heteroatoms. The molecule has 0 spiro atoms. The molecule has 0 saturated carbocycles. The largest absolute Gasteiger partial charge is 0.274 e. The third kappa shape index (κ3) is 4.70. The van der Waals surface area contributed by atoms with Crippen LogP contribution in [0.25, 0.3) is 16.6 Å². The van der Waals surface area contributed by atoms with Crippen LogP contribution in [0.5, 0.6) is 0 Å². The fourth-order valence-corrected chi connectivity index (χ4v) is 7.07. The fourth-order valence-electron chi connectivity index (χ4n) is 5.55. The predicted molar refractivity (Wildman–Crippen MR) is 152 cm³/mol. The van der Waals surface area contributed by atoms with Crippen LogP contribution in [0, 0.1) is 24.6 Å². The summed E-state index contributed by atoms with van der Waals surface area (Å²) in [4.78, 5) is 0.189. The Labute approximate surface area is 232 Å². The van der Waals surface area contributed by atoms with E-state index in [0.29, 0.717) is 25.9 Å². The monoisotopic (exact) mass is 553 g/mol. The molecule has 6 rings (SSSR count). The van der Waals surface area contributed by atoms with Crippen LogP contribution >= 0.6 is 0 Å². The average Bonchev–Trinajstić information content (AvgIpc) is 3.69. The maximum atomic E-state index is 13.5. The zero-order chi connectivity index (χ0) is 27.9. The number of halogens is 1. The van der Waals surface area contributed by atoms with E-state index in [1.807, 2.05) is 37.3 Å². The lowest BCUT2D eigenvalue weighted by Gasteiger charge is -2.30. The molecular formula is C31H28FN5O2S. The standard InChI is InChI=1S/C31H28FN5O2S/c1-23-17-30-25(19-34-37(30)27-12-10-26(32)11-13-27)18-29(23)31(14-6-9-24-7-4-3-5-8-24)15-16-36(22-31)40(38,39)28-20-33-35(2)21-28/h3-5,7-8,10-13,17-21H,14-16,22H2,1-2H3. The summed E-state index contributed by atoms with van der Waals surface area (Å²) >= 11 is 0. The smallest absolute Gasteiger partial charge is 0.246 e. The van der Waals surface area contributed by atoms with E-state index in [2.05, 4.69) is 34.2 Å². The molecule has 3 heterocycles. The molecule has 1 atom stereocenters. The van der Waals surface area contributed by atoms with Gasteiger partial charge in [0.15, 0.2) is 0 Å². The number of hydrogen-bond donors (Lipinski definition) is 0. The van der Waals surface area contributed by atoms with Crippen LogP contribution in [0.2, 0.25) is 0 Å². The molecule has 3 aromatic carbocycles. The van der Waals surface area contributed by atoms with E-state index < -0.39 is 15.4 Å². The average molecular weight is 554 g/mol. The Kier molecular flexibility index (Phi) is 6.53. The Morgan fingerprint density at radius 3 is 2.52 bits per heavy atom. The molecule has 0 amide bonds. The van der Waals surface area contributed by atoms with Crippen LogP contribution in [0.1, 0.15) is 29.5 Å². The highest BCUT2D eigenvalue weighted by molar-refractivity contribution is 7.89. The van der Waals surface area contributed by atoms with Crippen LogP contribution in [0.3, 0.4) is 0 Å². The zero-order valence-electron chi connectivity index (χ0n) is 22.3. The minimum absolute atomic E-state index is 0.189. The summed E-state index contributed by atoms with van der Waals surface area (Å²) in [5, 5.41) is 9.57. The normalized spacial score (nSPS) is 17.7. The van der Waals surface area contributed by atoms with E-state index in [-0.39, 0.29) is 10.7 Å². The van der Waals surface area contributed by atoms with Gasteiger partial charge in [-0.1, -0.05) is 30.0 Å². The number of nitrogens with zero attached hydrogens (tertiary/aromatic N) is 5. The van der Waals surface area contributed by atoms with Gasteiger partial charge in [-0.25, -0.2) is 17.5 Å². The Morgan fingerprint density at radius 1 is 1.02 bits per heavy atom. The lowest BCUT2D eigenvalue weighted by molar-refractivity contribution is 0.422. The zero-order valence-corrected chi connectivity index (χ0v) is 23.1. The van der Waals surface area contributed by atoms with Crippen molar-refractivity contribution in [2.75, 3.05) is 13.1 Å². The molecule has 1 unspecified atom stereocenters. The molecule has 0 bridgehead atoms. The van der Waals surface area contributed by atoms with Crippen LogP contribution in [-0.2, 0) is 22.5 Å². The van der Waals surface area contributed by atoms with Crippen molar-refractivity contribution in [3.63, 3.8) is 0 Å². The van der Waals surface area contributed by atoms with E-state index in [4.69, 9.17) is 0 Å². The van der Waals surface area contributed by atoms with E-state index in [0.717, 1.165) is 33.3 Å². The van der Waals surface area contributed by atoms with Crippen molar-refractivity contribution < 1.29 is 12.8 Å². The topological polar surface area (TPSA) is 73.0 Å². The number of aromatic nitrogens is 4. The number of rotatable bonds is 5. The first-order chi connectivity index (χ1) is 19.2. The molecule has 5 aromatic rings. The van der Waals surface area contributed by atoms with Crippen molar-refractivity contribution in [3.05, 3.63) is 108 Å². The third-order valence-electron chi connectivity index (χ3n) is 7.63. The molecule has 2 aromatic heterocycles. The van der Waals surface area contributed by atoms with Crippen molar-refractivity contribution in [2.45, 2.75) is 30.1 Å². The number of hydrogen-bond acceptors (Lipinski definition) is 4. The second-order valence-electron chi connectivity index (χ2n) is 10.3. The highest BCUT2D eigenvalue weighted by Crippen LogP contribution is 2.42. The maximum Gasteiger partial charge on any atom is 0.246 e. The second kappa shape index (κ2) is 10.0. The second-order valence-corrected chi connectivity index (χ2v) is 12.3. The minimum atomic E-state index is -3.71. The van der Waals surface area contributed by atoms with Crippen molar-refractivity contribution >= 4 is 20.9 Å². The summed E-state index contributed by atoms with van der Waals surface area (Å²) in [6.45, 7) is 2.74. The molecule has 1 saturated heterocycles. The van der Waals surface area contributed by atoms with Crippen molar-refractivity contribution in [3.8, 4) is 17.5 Å². The highest BCUT2D eigenvalue weighted by Gasteiger charge is 2.45. The fraction of sp³-hybridized carbons (Fsp3) is 0.226. The predicted octanol–water partition coefficient (Wildman–Crippen LogP) is 4.98. The molecule has 0 radical (unpaired) electrons. The first kappa shape index (κ1) is 26.0. The molecular weight excluding hydrogens is 525 g/mol. The maximum absolute atomic E-state index is 13.5. The number of aryl methyl sites for hydroxylation is 2. The summed E-state index contributed by atoms with van der Waals surface area (Å²) in [5.74, 6) is 6.33. The Bertz CT molecular complexity index is 1870. The van der Waals surface area contributed by atoms with Gasteiger partial charge in [-0.3, -0.25) is 4.68 Å². The van der Waals surface area contributed by atoms with Gasteiger partial charge in [-0.05, 0) is 73.0 Å². The van der Waals surface area contributed by atoms with Crippen molar-refractivity contribution in [1.82, 2.24) is 23.9 Å². The molecule has 40 heavy (non-hydrogen) atoms. The summed E-state index contributed by atoms with van der Waals surface area (Å²) in [6.07, 6.45) is 5.86. The quantitative estimate of drug-likeness (QED) is 0.288. The number of sulfonamides is 1. The van der Waals surface area contributed by atoms with Gasteiger partial charge in [0.25, 0.3) is 0 Å². The van der Waals surface area contributed by atoms with Crippen LogP contribution < -0.4 is 0 Å². The Balaban J connectivity index is 1.41. The van der Waals surface area contributed by atoms with Gasteiger partial charge in [0.1, 0.15) is 10.7 Å². The molecule has 1 aliphatic rings. The van der Waals surface area contributed by atoms with Gasteiger partial charge in [0, 0.05) is 49.1 Å². The van der Waals surface area contributed by atoms with Gasteiger partial charge >= 0.3 is 0 Å². The van der Waals surface area contributed by atoms with Gasteiger partial charge < -0.3 is 0 Å². The lowest BCUT2D eigenvalue weighted by Crippen LogP contribution is -2.35. The first-order valence-corrected chi connectivity index (χ1v) is 14.5. The minimum Gasteiger partial charge on any atom is -0.274 e. The Morgan fingerprint density at radius 2 is 1.80 bits per heavy atom. The molecule has 0 N–H and O–H groups in total. The summed E-state index contributed by atoms with van der Waals surface area (Å²) in [6, 6.07) is 20.2. The van der Waals surface area contributed by atoms with E-state index in [1.165, 1.54) is 29.2 Å². The van der Waals surface area contributed by atoms with Crippen molar-refractivity contribution in [2.24, 2.45) is 7.05 Å². The van der Waals surface area contributed by atoms with Gasteiger partial charge in [-0.15, -0.1) is 0 Å².